The second-order valence-corrected chi connectivity index (χ2v) is 21.3. The number of carbonyl (C=O) groups excluding carboxylic acids is 3. The van der Waals surface area contributed by atoms with Crippen LogP contribution in [0.3, 0.4) is 0 Å². The maximum Gasteiger partial charge on any atom is 0.306 e. The van der Waals surface area contributed by atoms with Crippen LogP contribution in [0.25, 0.3) is 0 Å². The van der Waals surface area contributed by atoms with Gasteiger partial charge in [0, 0.05) is 19.3 Å². The van der Waals surface area contributed by atoms with Crippen LogP contribution in [0.5, 0.6) is 0 Å². The number of ether oxygens (including phenoxy) is 3. The average Bonchev–Trinajstić information content (AvgIpc) is 3.41. The summed E-state index contributed by atoms with van der Waals surface area (Å²) in [6.07, 6.45) is 83.5. The lowest BCUT2D eigenvalue weighted by Gasteiger charge is -2.18. The average molecular weight is 1050 g/mol. The van der Waals surface area contributed by atoms with E-state index in [2.05, 4.69) is 106 Å². The Morgan fingerprint density at radius 2 is 0.520 bits per heavy atom. The smallest absolute Gasteiger partial charge is 0.306 e. The van der Waals surface area contributed by atoms with E-state index in [0.29, 0.717) is 19.3 Å². The van der Waals surface area contributed by atoms with E-state index in [0.717, 1.165) is 103 Å². The highest BCUT2D eigenvalue weighted by Crippen LogP contribution is 2.17. The third-order valence-electron chi connectivity index (χ3n) is 13.9. The zero-order chi connectivity index (χ0) is 54.3. The molecular formula is C69H120O6. The topological polar surface area (TPSA) is 78.9 Å². The van der Waals surface area contributed by atoms with E-state index < -0.39 is 6.10 Å². The van der Waals surface area contributed by atoms with Crippen LogP contribution < -0.4 is 0 Å². The molecule has 0 saturated carbocycles. The van der Waals surface area contributed by atoms with Crippen molar-refractivity contribution < 1.29 is 28.6 Å². The maximum atomic E-state index is 12.8. The summed E-state index contributed by atoms with van der Waals surface area (Å²) in [7, 11) is 0. The van der Waals surface area contributed by atoms with Crippen molar-refractivity contribution in [2.45, 2.75) is 322 Å². The molecule has 0 radical (unpaired) electrons. The van der Waals surface area contributed by atoms with Crippen LogP contribution in [0.1, 0.15) is 316 Å². The molecule has 0 spiro atoms. The van der Waals surface area contributed by atoms with Crippen LogP contribution in [0.15, 0.2) is 85.1 Å². The zero-order valence-corrected chi connectivity index (χ0v) is 49.6. The van der Waals surface area contributed by atoms with Gasteiger partial charge < -0.3 is 14.2 Å². The van der Waals surface area contributed by atoms with Crippen molar-refractivity contribution in [2.75, 3.05) is 13.2 Å². The lowest BCUT2D eigenvalue weighted by molar-refractivity contribution is -0.167. The predicted octanol–water partition coefficient (Wildman–Crippen LogP) is 21.9. The van der Waals surface area contributed by atoms with E-state index in [1.807, 2.05) is 0 Å². The molecule has 0 aromatic carbocycles. The maximum absolute atomic E-state index is 12.8. The van der Waals surface area contributed by atoms with Gasteiger partial charge in [0.05, 0.1) is 0 Å². The van der Waals surface area contributed by atoms with Crippen molar-refractivity contribution in [3.63, 3.8) is 0 Å². The Morgan fingerprint density at radius 1 is 0.280 bits per heavy atom. The van der Waals surface area contributed by atoms with Gasteiger partial charge in [0.2, 0.25) is 0 Å². The summed E-state index contributed by atoms with van der Waals surface area (Å²) in [6, 6.07) is 0. The van der Waals surface area contributed by atoms with Gasteiger partial charge >= 0.3 is 17.9 Å². The van der Waals surface area contributed by atoms with Gasteiger partial charge in [0.15, 0.2) is 6.10 Å². The van der Waals surface area contributed by atoms with E-state index >= 15 is 0 Å². The van der Waals surface area contributed by atoms with Gasteiger partial charge in [-0.2, -0.15) is 0 Å². The van der Waals surface area contributed by atoms with Gasteiger partial charge in [-0.1, -0.05) is 286 Å². The molecule has 0 N–H and O–H groups in total. The SMILES string of the molecule is CC/C=C\C/C=C\C/C=C\C/C=C\C/C=C\CCCCCCCCCCCCCCCCCCCC(=O)OCC(COC(=O)CCCCCCCC)OC(=O)CCCCCCCCC/C=C\C/C=C\CCCCCC. The monoisotopic (exact) mass is 1040 g/mol. The fourth-order valence-electron chi connectivity index (χ4n) is 9.09. The minimum atomic E-state index is -0.775. The first-order chi connectivity index (χ1) is 37.0. The van der Waals surface area contributed by atoms with E-state index in [9.17, 15) is 14.4 Å². The molecule has 0 aliphatic heterocycles. The molecule has 0 saturated heterocycles. The lowest BCUT2D eigenvalue weighted by atomic mass is 10.0. The van der Waals surface area contributed by atoms with Crippen LogP contribution in [0, 0.1) is 0 Å². The normalized spacial score (nSPS) is 12.6. The Bertz CT molecular complexity index is 1430. The van der Waals surface area contributed by atoms with Gasteiger partial charge in [-0.3, -0.25) is 14.4 Å². The molecule has 0 rings (SSSR count). The Labute approximate surface area is 465 Å². The number of rotatable bonds is 58. The van der Waals surface area contributed by atoms with Crippen LogP contribution in [0.2, 0.25) is 0 Å². The Morgan fingerprint density at radius 3 is 0.827 bits per heavy atom. The van der Waals surface area contributed by atoms with E-state index in [1.54, 1.807) is 0 Å². The molecule has 1 atom stereocenters. The second-order valence-electron chi connectivity index (χ2n) is 21.3. The Balaban J connectivity index is 4.00. The molecular weight excluding hydrogens is 925 g/mol. The summed E-state index contributed by atoms with van der Waals surface area (Å²) < 4.78 is 16.8. The molecule has 0 heterocycles. The van der Waals surface area contributed by atoms with Gasteiger partial charge in [-0.25, -0.2) is 0 Å². The molecule has 0 bridgehead atoms. The molecule has 6 nitrogen and oxygen atoms in total. The first-order valence-electron chi connectivity index (χ1n) is 32.1. The fourth-order valence-corrected chi connectivity index (χ4v) is 9.09. The van der Waals surface area contributed by atoms with Crippen molar-refractivity contribution >= 4 is 17.9 Å². The minimum absolute atomic E-state index is 0.0760. The van der Waals surface area contributed by atoms with Crippen molar-refractivity contribution in [1.82, 2.24) is 0 Å². The van der Waals surface area contributed by atoms with Crippen molar-refractivity contribution in [3.8, 4) is 0 Å². The molecule has 1 unspecified atom stereocenters. The van der Waals surface area contributed by atoms with Crippen molar-refractivity contribution in [3.05, 3.63) is 85.1 Å². The van der Waals surface area contributed by atoms with E-state index in [-0.39, 0.29) is 31.1 Å². The predicted molar refractivity (Wildman–Crippen MR) is 325 cm³/mol. The van der Waals surface area contributed by atoms with Crippen molar-refractivity contribution in [1.29, 1.82) is 0 Å². The van der Waals surface area contributed by atoms with E-state index in [4.69, 9.17) is 14.2 Å². The largest absolute Gasteiger partial charge is 0.462 e. The van der Waals surface area contributed by atoms with Gasteiger partial charge in [-0.05, 0) is 96.3 Å². The van der Waals surface area contributed by atoms with Gasteiger partial charge in [-0.15, -0.1) is 0 Å². The fraction of sp³-hybridized carbons (Fsp3) is 0.754. The summed E-state index contributed by atoms with van der Waals surface area (Å²) in [5.41, 5.74) is 0. The first-order valence-corrected chi connectivity index (χ1v) is 32.1. The molecule has 0 amide bonds. The molecule has 6 heteroatoms. The molecule has 0 aromatic rings. The third kappa shape index (κ3) is 61.3. The Kier molecular flexibility index (Phi) is 60.3. The minimum Gasteiger partial charge on any atom is -0.462 e. The summed E-state index contributed by atoms with van der Waals surface area (Å²) in [5, 5.41) is 0. The van der Waals surface area contributed by atoms with Crippen molar-refractivity contribution in [2.24, 2.45) is 0 Å². The number of hydrogen-bond donors (Lipinski definition) is 0. The summed E-state index contributed by atoms with van der Waals surface area (Å²) >= 11 is 0. The number of allylic oxidation sites excluding steroid dienone is 14. The highest BCUT2D eigenvalue weighted by atomic mass is 16.6. The zero-order valence-electron chi connectivity index (χ0n) is 49.6. The molecule has 0 aliphatic carbocycles. The molecule has 432 valence electrons. The molecule has 0 fully saturated rings. The summed E-state index contributed by atoms with van der Waals surface area (Å²) in [6.45, 7) is 6.47. The number of carbonyl (C=O) groups is 3. The van der Waals surface area contributed by atoms with Crippen LogP contribution in [0.4, 0.5) is 0 Å². The highest BCUT2D eigenvalue weighted by molar-refractivity contribution is 5.71. The first kappa shape index (κ1) is 71.6. The third-order valence-corrected chi connectivity index (χ3v) is 13.9. The number of hydrogen-bond acceptors (Lipinski definition) is 6. The number of esters is 3. The van der Waals surface area contributed by atoms with Crippen LogP contribution in [-0.2, 0) is 28.6 Å². The second kappa shape index (κ2) is 63.1. The quantitative estimate of drug-likeness (QED) is 0.0261. The van der Waals surface area contributed by atoms with Crippen LogP contribution >= 0.6 is 0 Å². The standard InChI is InChI=1S/C69H120O6/c1-4-7-10-13-16-18-20-22-24-26-28-29-30-31-32-33-34-35-36-37-38-39-40-41-42-44-45-47-49-51-53-56-59-62-68(71)74-65-66(64-73-67(70)61-58-55-15-12-9-6-3)75-69(72)63-60-57-54-52-50-48-46-43-27-25-23-21-19-17-14-11-8-5-2/h7,10,16,18-19,21-22,24-25,27-29,31-32,66H,4-6,8-9,11-15,17,20,23,26,30,33-65H2,1-3H3/b10-7-,18-16-,21-19-,24-22-,27-25-,29-28-,32-31-. The van der Waals surface area contributed by atoms with Crippen LogP contribution in [-0.4, -0.2) is 37.2 Å². The highest BCUT2D eigenvalue weighted by Gasteiger charge is 2.19. The Hall–Kier alpha value is -3.41. The van der Waals surface area contributed by atoms with Gasteiger partial charge in [0.1, 0.15) is 13.2 Å². The summed E-state index contributed by atoms with van der Waals surface area (Å²) in [4.78, 5) is 38.0. The molecule has 0 aromatic heterocycles. The summed E-state index contributed by atoms with van der Waals surface area (Å²) in [5.74, 6) is -0.882. The lowest BCUT2D eigenvalue weighted by Crippen LogP contribution is -2.30. The molecule has 0 aliphatic rings. The molecule has 75 heavy (non-hydrogen) atoms. The van der Waals surface area contributed by atoms with Gasteiger partial charge in [0.25, 0.3) is 0 Å². The van der Waals surface area contributed by atoms with E-state index in [1.165, 1.54) is 173 Å². The number of unbranched alkanes of at least 4 members (excludes halogenated alkanes) is 33.